The van der Waals surface area contributed by atoms with Crippen molar-refractivity contribution in [3.05, 3.63) is 34.1 Å². The molecule has 0 bridgehead atoms. The molecule has 0 aliphatic heterocycles. The molecule has 2 rings (SSSR count). The van der Waals surface area contributed by atoms with Crippen molar-refractivity contribution < 1.29 is 13.7 Å². The van der Waals surface area contributed by atoms with Gasteiger partial charge in [0.05, 0.1) is 4.92 Å². The summed E-state index contributed by atoms with van der Waals surface area (Å²) in [5.74, 6) is -2.71. The summed E-state index contributed by atoms with van der Waals surface area (Å²) in [6.45, 7) is 0.0629. The van der Waals surface area contributed by atoms with Gasteiger partial charge in [0, 0.05) is 36.6 Å². The summed E-state index contributed by atoms with van der Waals surface area (Å²) in [4.78, 5) is 13.7. The zero-order valence-corrected chi connectivity index (χ0v) is 8.90. The van der Waals surface area contributed by atoms with Gasteiger partial charge in [-0.25, -0.2) is 8.78 Å². The third-order valence-corrected chi connectivity index (χ3v) is 3.09. The Morgan fingerprint density at radius 3 is 2.47 bits per heavy atom. The minimum absolute atomic E-state index is 0.0629. The fourth-order valence-corrected chi connectivity index (χ4v) is 2.18. The molecule has 0 atom stereocenters. The number of halogens is 2. The van der Waals surface area contributed by atoms with E-state index < -0.39 is 16.3 Å². The maximum absolute atomic E-state index is 12.9. The van der Waals surface area contributed by atoms with Crippen molar-refractivity contribution >= 4 is 5.69 Å². The van der Waals surface area contributed by atoms with Crippen molar-refractivity contribution in [1.29, 1.82) is 0 Å². The quantitative estimate of drug-likeness (QED) is 0.645. The fraction of sp³-hybridized carbons (Fsp3) is 0.500. The van der Waals surface area contributed by atoms with Crippen molar-refractivity contribution in [3.8, 4) is 0 Å². The summed E-state index contributed by atoms with van der Waals surface area (Å²) >= 11 is 0. The van der Waals surface area contributed by atoms with Crippen LogP contribution in [0.15, 0.2) is 18.3 Å². The molecule has 1 aliphatic carbocycles. The van der Waals surface area contributed by atoms with Gasteiger partial charge in [0.15, 0.2) is 0 Å². The minimum Gasteiger partial charge on any atom is -0.330 e. The first-order chi connectivity index (χ1) is 7.88. The van der Waals surface area contributed by atoms with E-state index in [4.69, 9.17) is 5.73 Å². The Kier molecular flexibility index (Phi) is 2.57. The smallest absolute Gasteiger partial charge is 0.287 e. The zero-order valence-electron chi connectivity index (χ0n) is 8.90. The second-order valence-corrected chi connectivity index (χ2v) is 4.35. The van der Waals surface area contributed by atoms with E-state index in [9.17, 15) is 18.9 Å². The molecule has 0 spiro atoms. The molecule has 5 nitrogen and oxygen atoms in total. The van der Waals surface area contributed by atoms with Gasteiger partial charge in [-0.3, -0.25) is 15.1 Å². The summed E-state index contributed by atoms with van der Waals surface area (Å²) in [6.07, 6.45) is 0.381. The van der Waals surface area contributed by atoms with Crippen LogP contribution in [0.4, 0.5) is 14.5 Å². The van der Waals surface area contributed by atoms with E-state index in [0.29, 0.717) is 5.69 Å². The predicted octanol–water partition coefficient (Wildman–Crippen LogP) is 1.62. The van der Waals surface area contributed by atoms with Crippen LogP contribution in [-0.4, -0.2) is 22.4 Å². The van der Waals surface area contributed by atoms with E-state index in [1.54, 1.807) is 0 Å². The number of nitrogens with two attached hydrogens (primary N) is 1. The Balaban J connectivity index is 2.25. The lowest BCUT2D eigenvalue weighted by atomic mass is 9.64. The summed E-state index contributed by atoms with van der Waals surface area (Å²) in [5, 5.41) is 10.4. The van der Waals surface area contributed by atoms with Crippen molar-refractivity contribution in [3.63, 3.8) is 0 Å². The lowest BCUT2D eigenvalue weighted by Crippen LogP contribution is -2.54. The second kappa shape index (κ2) is 3.69. The molecule has 0 saturated heterocycles. The maximum Gasteiger partial charge on any atom is 0.287 e. The standard InChI is InChI=1S/C10H11F2N3O2/c11-10(12)4-9(5-10,6-13)8-2-1-7(3-14-8)15(16)17/h1-3H,4-6,13H2. The van der Waals surface area contributed by atoms with Crippen molar-refractivity contribution in [2.45, 2.75) is 24.2 Å². The van der Waals surface area contributed by atoms with Crippen LogP contribution in [-0.2, 0) is 5.41 Å². The summed E-state index contributed by atoms with van der Waals surface area (Å²) in [5.41, 5.74) is 4.92. The van der Waals surface area contributed by atoms with E-state index >= 15 is 0 Å². The lowest BCUT2D eigenvalue weighted by molar-refractivity contribution is -0.385. The number of alkyl halides is 2. The monoisotopic (exact) mass is 243 g/mol. The topological polar surface area (TPSA) is 82.0 Å². The molecule has 0 amide bonds. The first kappa shape index (κ1) is 11.8. The molecule has 0 aromatic carbocycles. The van der Waals surface area contributed by atoms with Crippen molar-refractivity contribution in [2.24, 2.45) is 5.73 Å². The highest BCUT2D eigenvalue weighted by atomic mass is 19.3. The van der Waals surface area contributed by atoms with E-state index in [0.717, 1.165) is 6.20 Å². The molecule has 1 aromatic heterocycles. The van der Waals surface area contributed by atoms with Crippen LogP contribution in [0, 0.1) is 10.1 Å². The number of hydrogen-bond donors (Lipinski definition) is 1. The second-order valence-electron chi connectivity index (χ2n) is 4.35. The largest absolute Gasteiger partial charge is 0.330 e. The van der Waals surface area contributed by atoms with Crippen molar-refractivity contribution in [2.75, 3.05) is 6.54 Å². The molecular weight excluding hydrogens is 232 g/mol. The van der Waals surface area contributed by atoms with E-state index in [2.05, 4.69) is 4.98 Å². The summed E-state index contributed by atoms with van der Waals surface area (Å²) < 4.78 is 25.8. The Hall–Kier alpha value is -1.63. The van der Waals surface area contributed by atoms with E-state index in [-0.39, 0.29) is 25.1 Å². The molecule has 0 radical (unpaired) electrons. The van der Waals surface area contributed by atoms with Gasteiger partial charge in [-0.2, -0.15) is 0 Å². The minimum atomic E-state index is -2.71. The summed E-state index contributed by atoms with van der Waals surface area (Å²) in [7, 11) is 0. The normalized spacial score (nSPS) is 20.6. The van der Waals surface area contributed by atoms with Crippen LogP contribution >= 0.6 is 0 Å². The predicted molar refractivity (Wildman–Crippen MR) is 55.8 cm³/mol. The number of nitro groups is 1. The Bertz CT molecular complexity index is 439. The van der Waals surface area contributed by atoms with Gasteiger partial charge >= 0.3 is 0 Å². The van der Waals surface area contributed by atoms with Gasteiger partial charge in [-0.05, 0) is 6.07 Å². The molecule has 92 valence electrons. The summed E-state index contributed by atoms with van der Waals surface area (Å²) in [6, 6.07) is 2.66. The van der Waals surface area contributed by atoms with Gasteiger partial charge in [0.1, 0.15) is 6.20 Å². The third kappa shape index (κ3) is 1.97. The van der Waals surface area contributed by atoms with Crippen molar-refractivity contribution in [1.82, 2.24) is 4.98 Å². The highest BCUT2D eigenvalue weighted by Crippen LogP contribution is 2.52. The van der Waals surface area contributed by atoms with Crippen LogP contribution in [0.3, 0.4) is 0 Å². The van der Waals surface area contributed by atoms with Crippen LogP contribution in [0.25, 0.3) is 0 Å². The van der Waals surface area contributed by atoms with Gasteiger partial charge < -0.3 is 5.73 Å². The number of hydrogen-bond acceptors (Lipinski definition) is 4. The molecule has 1 heterocycles. The SMILES string of the molecule is NCC1(c2ccc([N+](=O)[O-])cn2)CC(F)(F)C1. The highest BCUT2D eigenvalue weighted by molar-refractivity contribution is 5.32. The van der Waals surface area contributed by atoms with Gasteiger partial charge in [-0.1, -0.05) is 0 Å². The Labute approximate surface area is 95.8 Å². The highest BCUT2D eigenvalue weighted by Gasteiger charge is 2.57. The van der Waals surface area contributed by atoms with E-state index in [1.165, 1.54) is 12.1 Å². The van der Waals surface area contributed by atoms with Crippen LogP contribution in [0.1, 0.15) is 18.5 Å². The van der Waals surface area contributed by atoms with Gasteiger partial charge in [-0.15, -0.1) is 0 Å². The molecule has 0 unspecified atom stereocenters. The molecule has 17 heavy (non-hydrogen) atoms. The molecule has 1 aliphatic rings. The fourth-order valence-electron chi connectivity index (χ4n) is 2.18. The third-order valence-electron chi connectivity index (χ3n) is 3.09. The maximum atomic E-state index is 12.9. The molecule has 1 aromatic rings. The number of rotatable bonds is 3. The average Bonchev–Trinajstić information content (AvgIpc) is 2.25. The van der Waals surface area contributed by atoms with E-state index in [1.807, 2.05) is 0 Å². The lowest BCUT2D eigenvalue weighted by Gasteiger charge is -2.46. The average molecular weight is 243 g/mol. The Morgan fingerprint density at radius 2 is 2.12 bits per heavy atom. The first-order valence-electron chi connectivity index (χ1n) is 5.07. The molecule has 1 fully saturated rings. The van der Waals surface area contributed by atoms with Crippen LogP contribution < -0.4 is 5.73 Å². The zero-order chi connectivity index (χ0) is 12.7. The molecule has 1 saturated carbocycles. The molecular formula is C10H11F2N3O2. The van der Waals surface area contributed by atoms with Gasteiger partial charge in [0.25, 0.3) is 5.69 Å². The number of nitrogens with zero attached hydrogens (tertiary/aromatic N) is 2. The van der Waals surface area contributed by atoms with Gasteiger partial charge in [0.2, 0.25) is 5.92 Å². The Morgan fingerprint density at radius 1 is 1.47 bits per heavy atom. The first-order valence-corrected chi connectivity index (χ1v) is 5.07. The number of pyridine rings is 1. The molecule has 2 N–H and O–H groups in total. The number of aromatic nitrogens is 1. The van der Waals surface area contributed by atoms with Crippen LogP contribution in [0.2, 0.25) is 0 Å². The molecule has 7 heteroatoms. The van der Waals surface area contributed by atoms with Crippen LogP contribution in [0.5, 0.6) is 0 Å².